The number of aryl methyl sites for hydroxylation is 1. The van der Waals surface area contributed by atoms with Crippen molar-refractivity contribution >= 4 is 23.3 Å². The second-order valence-corrected chi connectivity index (χ2v) is 5.19. The summed E-state index contributed by atoms with van der Waals surface area (Å²) < 4.78 is 0. The van der Waals surface area contributed by atoms with E-state index >= 15 is 0 Å². The van der Waals surface area contributed by atoms with Crippen LogP contribution in [0, 0.1) is 6.92 Å². The number of nitrogens with one attached hydrogen (secondary N) is 1. The molecule has 0 saturated carbocycles. The van der Waals surface area contributed by atoms with E-state index in [4.69, 9.17) is 16.7 Å². The van der Waals surface area contributed by atoms with Crippen molar-refractivity contribution in [2.75, 3.05) is 5.32 Å². The summed E-state index contributed by atoms with van der Waals surface area (Å²) in [7, 11) is 0. The third-order valence-electron chi connectivity index (χ3n) is 3.19. The Morgan fingerprint density at radius 1 is 1.25 bits per heavy atom. The minimum absolute atomic E-state index is 0.0868. The predicted octanol–water partition coefficient (Wildman–Crippen LogP) is 4.52. The fourth-order valence-corrected chi connectivity index (χ4v) is 2.30. The fraction of sp³-hybridized carbons (Fsp3) is 0.188. The smallest absolute Gasteiger partial charge is 0.335 e. The molecule has 0 spiro atoms. The van der Waals surface area contributed by atoms with E-state index in [1.54, 1.807) is 19.1 Å². The highest BCUT2D eigenvalue weighted by molar-refractivity contribution is 6.30. The summed E-state index contributed by atoms with van der Waals surface area (Å²) in [5, 5.41) is 13.1. The SMILES string of the molecule is Cc1cc(NC(C)c2cccc(Cl)c2)ccc1C(=O)O. The summed E-state index contributed by atoms with van der Waals surface area (Å²) in [6.45, 7) is 3.82. The van der Waals surface area contributed by atoms with Crippen LogP contribution in [0.1, 0.15) is 34.5 Å². The van der Waals surface area contributed by atoms with E-state index in [0.717, 1.165) is 16.8 Å². The van der Waals surface area contributed by atoms with Crippen LogP contribution in [0.3, 0.4) is 0 Å². The molecule has 0 saturated heterocycles. The summed E-state index contributed by atoms with van der Waals surface area (Å²) >= 11 is 5.98. The Kier molecular flexibility index (Phi) is 4.30. The number of anilines is 1. The number of carboxylic acids is 1. The molecule has 104 valence electrons. The van der Waals surface area contributed by atoms with Crippen molar-refractivity contribution in [2.24, 2.45) is 0 Å². The van der Waals surface area contributed by atoms with Gasteiger partial charge in [0, 0.05) is 16.8 Å². The van der Waals surface area contributed by atoms with Crippen molar-refractivity contribution in [2.45, 2.75) is 19.9 Å². The molecule has 0 aliphatic heterocycles. The lowest BCUT2D eigenvalue weighted by molar-refractivity contribution is 0.0696. The number of aromatic carboxylic acids is 1. The van der Waals surface area contributed by atoms with Gasteiger partial charge in [-0.05, 0) is 55.3 Å². The molecule has 2 rings (SSSR count). The Balaban J connectivity index is 2.18. The Bertz CT molecular complexity index is 640. The summed E-state index contributed by atoms with van der Waals surface area (Å²) in [6.07, 6.45) is 0. The van der Waals surface area contributed by atoms with Gasteiger partial charge in [0.1, 0.15) is 0 Å². The van der Waals surface area contributed by atoms with Gasteiger partial charge in [0.05, 0.1) is 5.56 Å². The number of benzene rings is 2. The van der Waals surface area contributed by atoms with Gasteiger partial charge in [-0.3, -0.25) is 0 Å². The van der Waals surface area contributed by atoms with Crippen molar-refractivity contribution < 1.29 is 9.90 Å². The van der Waals surface area contributed by atoms with Gasteiger partial charge in [-0.25, -0.2) is 4.79 Å². The third kappa shape index (κ3) is 3.31. The predicted molar refractivity (Wildman–Crippen MR) is 81.6 cm³/mol. The van der Waals surface area contributed by atoms with Crippen LogP contribution in [0.2, 0.25) is 5.02 Å². The minimum Gasteiger partial charge on any atom is -0.478 e. The van der Waals surface area contributed by atoms with Gasteiger partial charge in [-0.1, -0.05) is 23.7 Å². The number of rotatable bonds is 4. The van der Waals surface area contributed by atoms with Gasteiger partial charge in [0.2, 0.25) is 0 Å². The number of carbonyl (C=O) groups is 1. The van der Waals surface area contributed by atoms with Crippen LogP contribution >= 0.6 is 11.6 Å². The molecule has 1 unspecified atom stereocenters. The van der Waals surface area contributed by atoms with Gasteiger partial charge in [-0.15, -0.1) is 0 Å². The molecule has 20 heavy (non-hydrogen) atoms. The van der Waals surface area contributed by atoms with Gasteiger partial charge < -0.3 is 10.4 Å². The Morgan fingerprint density at radius 2 is 2.00 bits per heavy atom. The van der Waals surface area contributed by atoms with Crippen molar-refractivity contribution in [1.29, 1.82) is 0 Å². The van der Waals surface area contributed by atoms with Crippen LogP contribution in [-0.2, 0) is 0 Å². The van der Waals surface area contributed by atoms with Gasteiger partial charge in [-0.2, -0.15) is 0 Å². The van der Waals surface area contributed by atoms with Crippen LogP contribution in [0.4, 0.5) is 5.69 Å². The van der Waals surface area contributed by atoms with Crippen LogP contribution < -0.4 is 5.32 Å². The van der Waals surface area contributed by atoms with E-state index in [9.17, 15) is 4.79 Å². The largest absolute Gasteiger partial charge is 0.478 e. The number of halogens is 1. The second-order valence-electron chi connectivity index (χ2n) is 4.76. The molecule has 0 fully saturated rings. The number of carboxylic acid groups (broad SMARTS) is 1. The molecule has 0 aliphatic rings. The highest BCUT2D eigenvalue weighted by Gasteiger charge is 2.09. The number of hydrogen-bond acceptors (Lipinski definition) is 2. The van der Waals surface area contributed by atoms with Crippen molar-refractivity contribution in [3.05, 3.63) is 64.2 Å². The molecule has 0 heterocycles. The van der Waals surface area contributed by atoms with Crippen molar-refractivity contribution in [1.82, 2.24) is 0 Å². The molecule has 0 bridgehead atoms. The molecule has 0 aromatic heterocycles. The van der Waals surface area contributed by atoms with E-state index in [1.807, 2.05) is 37.3 Å². The van der Waals surface area contributed by atoms with E-state index < -0.39 is 5.97 Å². The molecule has 4 heteroatoms. The average molecular weight is 290 g/mol. The minimum atomic E-state index is -0.906. The molecule has 3 nitrogen and oxygen atoms in total. The van der Waals surface area contributed by atoms with E-state index in [-0.39, 0.29) is 6.04 Å². The van der Waals surface area contributed by atoms with Crippen molar-refractivity contribution in [3.8, 4) is 0 Å². The summed E-state index contributed by atoms with van der Waals surface area (Å²) in [5.74, 6) is -0.906. The van der Waals surface area contributed by atoms with Crippen molar-refractivity contribution in [3.63, 3.8) is 0 Å². The van der Waals surface area contributed by atoms with Gasteiger partial charge in [0.15, 0.2) is 0 Å². The molecule has 1 atom stereocenters. The Labute approximate surface area is 123 Å². The molecular weight excluding hydrogens is 274 g/mol. The summed E-state index contributed by atoms with van der Waals surface area (Å²) in [5.41, 5.74) is 3.03. The quantitative estimate of drug-likeness (QED) is 0.870. The first-order valence-electron chi connectivity index (χ1n) is 6.33. The van der Waals surface area contributed by atoms with E-state index in [1.165, 1.54) is 0 Å². The van der Waals surface area contributed by atoms with Gasteiger partial charge >= 0.3 is 5.97 Å². The number of hydrogen-bond donors (Lipinski definition) is 2. The van der Waals surface area contributed by atoms with Crippen LogP contribution in [0.5, 0.6) is 0 Å². The standard InChI is InChI=1S/C16H16ClNO2/c1-10-8-14(6-7-15(10)16(19)20)18-11(2)12-4-3-5-13(17)9-12/h3-9,11,18H,1-2H3,(H,19,20). The third-order valence-corrected chi connectivity index (χ3v) is 3.42. The van der Waals surface area contributed by atoms with Crippen LogP contribution in [0.15, 0.2) is 42.5 Å². The molecule has 2 aromatic carbocycles. The Morgan fingerprint density at radius 3 is 2.60 bits per heavy atom. The highest BCUT2D eigenvalue weighted by atomic mass is 35.5. The first kappa shape index (κ1) is 14.4. The lowest BCUT2D eigenvalue weighted by atomic mass is 10.1. The first-order valence-corrected chi connectivity index (χ1v) is 6.71. The topological polar surface area (TPSA) is 49.3 Å². The van der Waals surface area contributed by atoms with E-state index in [2.05, 4.69) is 5.32 Å². The lowest BCUT2D eigenvalue weighted by Crippen LogP contribution is -2.07. The lowest BCUT2D eigenvalue weighted by Gasteiger charge is -2.17. The zero-order valence-electron chi connectivity index (χ0n) is 11.4. The summed E-state index contributed by atoms with van der Waals surface area (Å²) in [4.78, 5) is 11.0. The first-order chi connectivity index (χ1) is 9.47. The molecule has 0 radical (unpaired) electrons. The second kappa shape index (κ2) is 5.97. The molecule has 2 aromatic rings. The zero-order valence-corrected chi connectivity index (χ0v) is 12.1. The average Bonchev–Trinajstić information content (AvgIpc) is 2.38. The van der Waals surface area contributed by atoms with Crippen LogP contribution in [-0.4, -0.2) is 11.1 Å². The molecular formula is C16H16ClNO2. The summed E-state index contributed by atoms with van der Waals surface area (Å²) in [6, 6.07) is 13.0. The highest BCUT2D eigenvalue weighted by Crippen LogP contribution is 2.23. The monoisotopic (exact) mass is 289 g/mol. The molecule has 2 N–H and O–H groups in total. The maximum absolute atomic E-state index is 11.0. The maximum atomic E-state index is 11.0. The maximum Gasteiger partial charge on any atom is 0.335 e. The van der Waals surface area contributed by atoms with Crippen LogP contribution in [0.25, 0.3) is 0 Å². The zero-order chi connectivity index (χ0) is 14.7. The molecule has 0 aliphatic carbocycles. The van der Waals surface area contributed by atoms with E-state index in [0.29, 0.717) is 10.6 Å². The van der Waals surface area contributed by atoms with Gasteiger partial charge in [0.25, 0.3) is 0 Å². The normalized spacial score (nSPS) is 11.9. The Hall–Kier alpha value is -2.00. The fourth-order valence-electron chi connectivity index (χ4n) is 2.10. The molecule has 0 amide bonds.